The summed E-state index contributed by atoms with van der Waals surface area (Å²) in [7, 11) is -1.88. The Hall–Kier alpha value is -1.34. The highest BCUT2D eigenvalue weighted by Gasteiger charge is 2.10. The zero-order valence-electron chi connectivity index (χ0n) is 9.59. The number of aliphatic hydroxyl groups excluding tert-OH is 1. The zero-order valence-corrected chi connectivity index (χ0v) is 10.4. The molecule has 0 saturated heterocycles. The van der Waals surface area contributed by atoms with Crippen molar-refractivity contribution in [2.75, 3.05) is 24.2 Å². The number of nitrogens with zero attached hydrogens (tertiary/aromatic N) is 1. The van der Waals surface area contributed by atoms with Gasteiger partial charge in [0, 0.05) is 12.7 Å². The van der Waals surface area contributed by atoms with Gasteiger partial charge in [-0.1, -0.05) is 0 Å². The van der Waals surface area contributed by atoms with Gasteiger partial charge in [0.2, 0.25) is 15.9 Å². The van der Waals surface area contributed by atoms with E-state index in [9.17, 15) is 8.42 Å². The van der Waals surface area contributed by atoms with Gasteiger partial charge in [0.15, 0.2) is 0 Å². The molecule has 0 radical (unpaired) electrons. The highest BCUT2D eigenvalue weighted by atomic mass is 32.2. The number of anilines is 1. The summed E-state index contributed by atoms with van der Waals surface area (Å²) in [6, 6.07) is 3.15. The Labute approximate surface area is 101 Å². The van der Waals surface area contributed by atoms with Crippen molar-refractivity contribution in [3.63, 3.8) is 0 Å². The monoisotopic (exact) mass is 260 g/mol. The number of aromatic nitrogens is 1. The third-order valence-corrected chi connectivity index (χ3v) is 3.41. The number of methoxy groups -OCH3 is 1. The van der Waals surface area contributed by atoms with Crippen LogP contribution < -0.4 is 9.46 Å². The predicted octanol–water partition coefficient (Wildman–Crippen LogP) is 0.604. The molecule has 0 atom stereocenters. The number of hydrogen-bond donors (Lipinski definition) is 2. The van der Waals surface area contributed by atoms with Crippen LogP contribution in [0.4, 0.5) is 5.69 Å². The number of pyridine rings is 1. The second kappa shape index (κ2) is 6.41. The molecule has 17 heavy (non-hydrogen) atoms. The summed E-state index contributed by atoms with van der Waals surface area (Å²) in [4.78, 5) is 3.89. The lowest BCUT2D eigenvalue weighted by Gasteiger charge is -2.07. The first kappa shape index (κ1) is 13.7. The number of rotatable bonds is 7. The van der Waals surface area contributed by atoms with Gasteiger partial charge in [-0.25, -0.2) is 13.4 Å². The molecule has 0 aliphatic rings. The van der Waals surface area contributed by atoms with Crippen LogP contribution in [0, 0.1) is 0 Å². The Balaban J connectivity index is 2.56. The lowest BCUT2D eigenvalue weighted by atomic mass is 10.4. The molecule has 7 heteroatoms. The van der Waals surface area contributed by atoms with E-state index in [1.807, 2.05) is 0 Å². The van der Waals surface area contributed by atoms with Crippen molar-refractivity contribution < 1.29 is 18.3 Å². The first-order valence-corrected chi connectivity index (χ1v) is 6.84. The molecule has 0 saturated carbocycles. The van der Waals surface area contributed by atoms with Crippen LogP contribution in [-0.2, 0) is 10.0 Å². The van der Waals surface area contributed by atoms with Crippen molar-refractivity contribution in [3.8, 4) is 5.88 Å². The van der Waals surface area contributed by atoms with Crippen LogP contribution in [0.3, 0.4) is 0 Å². The summed E-state index contributed by atoms with van der Waals surface area (Å²) in [5.74, 6) is 0.410. The molecule has 0 aliphatic carbocycles. The summed E-state index contributed by atoms with van der Waals surface area (Å²) < 4.78 is 30.4. The van der Waals surface area contributed by atoms with Gasteiger partial charge in [0.25, 0.3) is 0 Å². The SMILES string of the molecule is COc1ccc(NS(=O)(=O)CCCCO)cn1. The number of ether oxygens (including phenoxy) is 1. The van der Waals surface area contributed by atoms with Gasteiger partial charge in [-0.3, -0.25) is 4.72 Å². The largest absolute Gasteiger partial charge is 0.481 e. The van der Waals surface area contributed by atoms with Gasteiger partial charge in [-0.2, -0.15) is 0 Å². The second-order valence-corrected chi connectivity index (χ2v) is 5.28. The third kappa shape index (κ3) is 5.01. The van der Waals surface area contributed by atoms with Crippen molar-refractivity contribution in [1.82, 2.24) is 4.98 Å². The van der Waals surface area contributed by atoms with Gasteiger partial charge in [0.05, 0.1) is 24.7 Å². The van der Waals surface area contributed by atoms with Gasteiger partial charge in [-0.15, -0.1) is 0 Å². The van der Waals surface area contributed by atoms with Gasteiger partial charge in [0.1, 0.15) is 0 Å². The predicted molar refractivity (Wildman–Crippen MR) is 64.5 cm³/mol. The standard InChI is InChI=1S/C10H16N2O4S/c1-16-10-5-4-9(8-11-10)12-17(14,15)7-3-2-6-13/h4-5,8,12-13H,2-3,6-7H2,1H3. The Morgan fingerprint density at radius 1 is 1.41 bits per heavy atom. The fourth-order valence-corrected chi connectivity index (χ4v) is 2.36. The highest BCUT2D eigenvalue weighted by Crippen LogP contribution is 2.12. The first-order chi connectivity index (χ1) is 8.07. The summed E-state index contributed by atoms with van der Waals surface area (Å²) in [6.07, 6.45) is 2.29. The third-order valence-electron chi connectivity index (χ3n) is 2.04. The molecule has 0 unspecified atom stereocenters. The number of hydrogen-bond acceptors (Lipinski definition) is 5. The average molecular weight is 260 g/mol. The minimum absolute atomic E-state index is 0.000386. The molecule has 96 valence electrons. The van der Waals surface area contributed by atoms with Crippen LogP contribution in [0.25, 0.3) is 0 Å². The molecule has 1 rings (SSSR count). The minimum Gasteiger partial charge on any atom is -0.481 e. The number of unbranched alkanes of at least 4 members (excludes halogenated alkanes) is 1. The maximum atomic E-state index is 11.6. The number of sulfonamides is 1. The van der Waals surface area contributed by atoms with Crippen LogP contribution >= 0.6 is 0 Å². The lowest BCUT2D eigenvalue weighted by Crippen LogP contribution is -2.17. The Bertz CT molecular complexity index is 430. The summed E-state index contributed by atoms with van der Waals surface area (Å²) in [5, 5.41) is 8.57. The average Bonchev–Trinajstić information content (AvgIpc) is 2.30. The van der Waals surface area contributed by atoms with E-state index in [-0.39, 0.29) is 12.4 Å². The molecule has 0 aromatic carbocycles. The van der Waals surface area contributed by atoms with E-state index in [4.69, 9.17) is 9.84 Å². The number of nitrogens with one attached hydrogen (secondary N) is 1. The van der Waals surface area contributed by atoms with Crippen molar-refractivity contribution >= 4 is 15.7 Å². The van der Waals surface area contributed by atoms with E-state index >= 15 is 0 Å². The summed E-state index contributed by atoms with van der Waals surface area (Å²) >= 11 is 0. The highest BCUT2D eigenvalue weighted by molar-refractivity contribution is 7.92. The molecule has 0 bridgehead atoms. The maximum Gasteiger partial charge on any atom is 0.232 e. The molecule has 0 aliphatic heterocycles. The number of aliphatic hydroxyl groups is 1. The maximum absolute atomic E-state index is 11.6. The lowest BCUT2D eigenvalue weighted by molar-refractivity contribution is 0.287. The van der Waals surface area contributed by atoms with Crippen LogP contribution in [0.2, 0.25) is 0 Å². The minimum atomic E-state index is -3.37. The van der Waals surface area contributed by atoms with Crippen molar-refractivity contribution in [3.05, 3.63) is 18.3 Å². The Kier molecular flexibility index (Phi) is 5.17. The van der Waals surface area contributed by atoms with E-state index in [0.717, 1.165) is 0 Å². The molecular weight excluding hydrogens is 244 g/mol. The molecule has 1 aromatic rings. The molecular formula is C10H16N2O4S. The molecule has 2 N–H and O–H groups in total. The van der Waals surface area contributed by atoms with Crippen LogP contribution in [0.5, 0.6) is 5.88 Å². The van der Waals surface area contributed by atoms with Crippen LogP contribution in [0.15, 0.2) is 18.3 Å². The molecule has 1 heterocycles. The van der Waals surface area contributed by atoms with Crippen LogP contribution in [-0.4, -0.2) is 38.0 Å². The second-order valence-electron chi connectivity index (χ2n) is 3.44. The molecule has 0 spiro atoms. The van der Waals surface area contributed by atoms with Crippen molar-refractivity contribution in [2.24, 2.45) is 0 Å². The summed E-state index contributed by atoms with van der Waals surface area (Å²) in [5.41, 5.74) is 0.398. The quantitative estimate of drug-likeness (QED) is 0.701. The van der Waals surface area contributed by atoms with Crippen LogP contribution in [0.1, 0.15) is 12.8 Å². The Morgan fingerprint density at radius 3 is 2.71 bits per heavy atom. The fourth-order valence-electron chi connectivity index (χ4n) is 1.20. The van der Waals surface area contributed by atoms with E-state index in [0.29, 0.717) is 24.4 Å². The molecule has 1 aromatic heterocycles. The fraction of sp³-hybridized carbons (Fsp3) is 0.500. The molecule has 6 nitrogen and oxygen atoms in total. The Morgan fingerprint density at radius 2 is 2.18 bits per heavy atom. The normalized spacial score (nSPS) is 11.2. The molecule has 0 fully saturated rings. The van der Waals surface area contributed by atoms with Crippen molar-refractivity contribution in [1.29, 1.82) is 0 Å². The van der Waals surface area contributed by atoms with E-state index < -0.39 is 10.0 Å². The zero-order chi connectivity index (χ0) is 12.7. The van der Waals surface area contributed by atoms with E-state index in [1.165, 1.54) is 13.3 Å². The topological polar surface area (TPSA) is 88.5 Å². The van der Waals surface area contributed by atoms with E-state index in [2.05, 4.69) is 9.71 Å². The van der Waals surface area contributed by atoms with E-state index in [1.54, 1.807) is 12.1 Å². The first-order valence-electron chi connectivity index (χ1n) is 5.19. The van der Waals surface area contributed by atoms with Gasteiger partial charge >= 0.3 is 0 Å². The van der Waals surface area contributed by atoms with Crippen molar-refractivity contribution in [2.45, 2.75) is 12.8 Å². The smallest absolute Gasteiger partial charge is 0.232 e. The molecule has 0 amide bonds. The van der Waals surface area contributed by atoms with Gasteiger partial charge in [-0.05, 0) is 18.9 Å². The van der Waals surface area contributed by atoms with Gasteiger partial charge < -0.3 is 9.84 Å². The summed E-state index contributed by atoms with van der Waals surface area (Å²) in [6.45, 7) is -0.000386.